The Morgan fingerprint density at radius 3 is 2.52 bits per heavy atom. The molecule has 0 bridgehead atoms. The van der Waals surface area contributed by atoms with Crippen molar-refractivity contribution in [2.75, 3.05) is 13.1 Å². The highest BCUT2D eigenvalue weighted by atomic mass is 16.2. The van der Waals surface area contributed by atoms with Gasteiger partial charge in [-0.05, 0) is 67.7 Å². The summed E-state index contributed by atoms with van der Waals surface area (Å²) in [5.41, 5.74) is 3.06. The minimum atomic E-state index is -0.480. The van der Waals surface area contributed by atoms with Crippen LogP contribution in [0, 0.1) is 0 Å². The number of hydrogen-bond acceptors (Lipinski definition) is 3. The van der Waals surface area contributed by atoms with E-state index in [0.717, 1.165) is 24.2 Å². The molecule has 1 aliphatic rings. The van der Waals surface area contributed by atoms with Gasteiger partial charge < -0.3 is 4.98 Å². The number of hydrogen-bond donors (Lipinski definition) is 2. The van der Waals surface area contributed by atoms with Crippen molar-refractivity contribution in [3.8, 4) is 11.1 Å². The number of benzene rings is 2. The minimum absolute atomic E-state index is 0.359. The first-order valence-corrected chi connectivity index (χ1v) is 8.72. The molecule has 1 fully saturated rings. The van der Waals surface area contributed by atoms with Crippen molar-refractivity contribution >= 4 is 10.9 Å². The fraction of sp³-hybridized carbons (Fsp3) is 0.300. The van der Waals surface area contributed by atoms with Gasteiger partial charge in [0.25, 0.3) is 5.56 Å². The van der Waals surface area contributed by atoms with Crippen LogP contribution < -0.4 is 11.2 Å². The van der Waals surface area contributed by atoms with Crippen molar-refractivity contribution in [2.24, 2.45) is 0 Å². The van der Waals surface area contributed by atoms with Crippen molar-refractivity contribution in [3.63, 3.8) is 0 Å². The lowest BCUT2D eigenvalue weighted by Gasteiger charge is -2.24. The molecule has 0 amide bonds. The maximum absolute atomic E-state index is 12.0. The summed E-state index contributed by atoms with van der Waals surface area (Å²) in [5.74, 6) is 0. The van der Waals surface area contributed by atoms with Crippen molar-refractivity contribution in [1.82, 2.24) is 14.9 Å². The molecule has 0 spiro atoms. The van der Waals surface area contributed by atoms with Crippen LogP contribution in [-0.2, 0) is 0 Å². The fourth-order valence-corrected chi connectivity index (χ4v) is 3.66. The van der Waals surface area contributed by atoms with Gasteiger partial charge in [-0.2, -0.15) is 0 Å². The van der Waals surface area contributed by atoms with Crippen LogP contribution in [0.4, 0.5) is 0 Å². The summed E-state index contributed by atoms with van der Waals surface area (Å²) in [6.45, 7) is 4.56. The highest BCUT2D eigenvalue weighted by Gasteiger charge is 2.19. The van der Waals surface area contributed by atoms with Gasteiger partial charge in [0, 0.05) is 6.04 Å². The maximum Gasteiger partial charge on any atom is 0.326 e. The summed E-state index contributed by atoms with van der Waals surface area (Å²) >= 11 is 0. The molecule has 2 heterocycles. The molecule has 5 heteroatoms. The van der Waals surface area contributed by atoms with Gasteiger partial charge in [-0.3, -0.25) is 14.7 Å². The summed E-state index contributed by atoms with van der Waals surface area (Å²) in [6, 6.07) is 14.4. The number of likely N-dealkylation sites (tertiary alicyclic amines) is 1. The molecule has 0 radical (unpaired) electrons. The van der Waals surface area contributed by atoms with Gasteiger partial charge >= 0.3 is 5.69 Å². The monoisotopic (exact) mass is 335 g/mol. The normalized spacial score (nSPS) is 16.4. The lowest BCUT2D eigenvalue weighted by atomic mass is 9.98. The number of nitrogens with zero attached hydrogens (tertiary/aromatic N) is 1. The van der Waals surface area contributed by atoms with Gasteiger partial charge in [-0.15, -0.1) is 0 Å². The lowest BCUT2D eigenvalue weighted by Crippen LogP contribution is -2.23. The number of fused-ring (bicyclic) bond motifs is 1. The van der Waals surface area contributed by atoms with Crippen molar-refractivity contribution in [3.05, 3.63) is 68.9 Å². The van der Waals surface area contributed by atoms with Gasteiger partial charge in [0.05, 0.1) is 10.9 Å². The third kappa shape index (κ3) is 3.03. The molecule has 3 aromatic rings. The number of rotatable bonds is 3. The van der Waals surface area contributed by atoms with E-state index in [0.29, 0.717) is 16.9 Å². The number of aromatic amines is 2. The summed E-state index contributed by atoms with van der Waals surface area (Å²) in [6.07, 6.45) is 2.55. The maximum atomic E-state index is 12.0. The predicted molar refractivity (Wildman–Crippen MR) is 99.8 cm³/mol. The van der Waals surface area contributed by atoms with Crippen LogP contribution >= 0.6 is 0 Å². The van der Waals surface area contributed by atoms with Crippen molar-refractivity contribution in [2.45, 2.75) is 25.8 Å². The highest BCUT2D eigenvalue weighted by molar-refractivity contribution is 5.83. The molecule has 1 aromatic heterocycles. The third-order valence-corrected chi connectivity index (χ3v) is 5.13. The second-order valence-corrected chi connectivity index (χ2v) is 6.71. The standard InChI is InChI=1S/C20H21N3O2/c1-13(23-9-2-3-10-23)14-5-4-6-15(11-14)16-7-8-18-17(12-16)19(24)22-20(25)21-18/h4-8,11-13H,2-3,9-10H2,1H3,(H2,21,22,24,25)/t13-/m0/s1. The average Bonchev–Trinajstić information content (AvgIpc) is 3.15. The summed E-state index contributed by atoms with van der Waals surface area (Å²) in [4.78, 5) is 30.9. The molecule has 5 nitrogen and oxygen atoms in total. The zero-order valence-electron chi connectivity index (χ0n) is 14.2. The summed E-state index contributed by atoms with van der Waals surface area (Å²) in [7, 11) is 0. The van der Waals surface area contributed by atoms with Crippen LogP contribution in [0.5, 0.6) is 0 Å². The van der Waals surface area contributed by atoms with Gasteiger partial charge in [-0.25, -0.2) is 4.79 Å². The Morgan fingerprint density at radius 2 is 1.72 bits per heavy atom. The molecule has 4 rings (SSSR count). The zero-order valence-corrected chi connectivity index (χ0v) is 14.2. The lowest BCUT2D eigenvalue weighted by molar-refractivity contribution is 0.263. The van der Waals surface area contributed by atoms with Crippen LogP contribution in [0.2, 0.25) is 0 Å². The number of nitrogens with one attached hydrogen (secondary N) is 2. The van der Waals surface area contributed by atoms with E-state index in [1.165, 1.54) is 18.4 Å². The molecule has 2 aromatic carbocycles. The quantitative estimate of drug-likeness (QED) is 0.773. The average molecular weight is 335 g/mol. The topological polar surface area (TPSA) is 69.0 Å². The molecule has 25 heavy (non-hydrogen) atoms. The van der Waals surface area contributed by atoms with E-state index in [1.54, 1.807) is 6.07 Å². The van der Waals surface area contributed by atoms with Crippen molar-refractivity contribution in [1.29, 1.82) is 0 Å². The van der Waals surface area contributed by atoms with E-state index in [2.05, 4.69) is 46.1 Å². The molecule has 0 unspecified atom stereocenters. The van der Waals surface area contributed by atoms with E-state index >= 15 is 0 Å². The number of H-pyrrole nitrogens is 2. The molecule has 2 N–H and O–H groups in total. The Labute approximate surface area is 145 Å². The second kappa shape index (κ2) is 6.33. The summed E-state index contributed by atoms with van der Waals surface area (Å²) in [5, 5.41) is 0.495. The predicted octanol–water partition coefficient (Wildman–Crippen LogP) is 3.04. The van der Waals surface area contributed by atoms with E-state index in [4.69, 9.17) is 0 Å². The van der Waals surface area contributed by atoms with Crippen LogP contribution in [0.3, 0.4) is 0 Å². The van der Waals surface area contributed by atoms with E-state index in [-0.39, 0.29) is 5.56 Å². The van der Waals surface area contributed by atoms with Gasteiger partial charge in [0.15, 0.2) is 0 Å². The Kier molecular flexibility index (Phi) is 4.01. The Balaban J connectivity index is 1.74. The molecule has 1 aliphatic heterocycles. The fourth-order valence-electron chi connectivity index (χ4n) is 3.66. The zero-order chi connectivity index (χ0) is 17.4. The van der Waals surface area contributed by atoms with Gasteiger partial charge in [0.1, 0.15) is 0 Å². The second-order valence-electron chi connectivity index (χ2n) is 6.71. The largest absolute Gasteiger partial charge is 0.326 e. The van der Waals surface area contributed by atoms with Gasteiger partial charge in [0.2, 0.25) is 0 Å². The van der Waals surface area contributed by atoms with Crippen molar-refractivity contribution < 1.29 is 0 Å². The third-order valence-electron chi connectivity index (χ3n) is 5.13. The highest BCUT2D eigenvalue weighted by Crippen LogP contribution is 2.29. The Hall–Kier alpha value is -2.66. The van der Waals surface area contributed by atoms with Gasteiger partial charge in [-0.1, -0.05) is 24.3 Å². The summed E-state index contributed by atoms with van der Waals surface area (Å²) < 4.78 is 0. The minimum Gasteiger partial charge on any atom is -0.307 e. The Morgan fingerprint density at radius 1 is 0.960 bits per heavy atom. The first-order valence-electron chi connectivity index (χ1n) is 8.72. The van der Waals surface area contributed by atoms with E-state index in [1.807, 2.05) is 12.1 Å². The molecular formula is C20H21N3O2. The first-order chi connectivity index (χ1) is 12.1. The van der Waals surface area contributed by atoms with E-state index < -0.39 is 5.69 Å². The molecule has 0 aliphatic carbocycles. The van der Waals surface area contributed by atoms with Crippen LogP contribution in [0.15, 0.2) is 52.1 Å². The SMILES string of the molecule is C[C@@H](c1cccc(-c2ccc3[nH]c(=O)[nH]c(=O)c3c2)c1)N1CCCC1. The molecule has 128 valence electrons. The molecule has 1 saturated heterocycles. The first kappa shape index (κ1) is 15.8. The van der Waals surface area contributed by atoms with Crippen LogP contribution in [0.25, 0.3) is 22.0 Å². The van der Waals surface area contributed by atoms with Crippen LogP contribution in [0.1, 0.15) is 31.4 Å². The number of aromatic nitrogens is 2. The molecule has 0 saturated carbocycles. The van der Waals surface area contributed by atoms with E-state index in [9.17, 15) is 9.59 Å². The molecular weight excluding hydrogens is 314 g/mol. The van der Waals surface area contributed by atoms with Crippen LogP contribution in [-0.4, -0.2) is 28.0 Å². The molecule has 1 atom stereocenters. The smallest absolute Gasteiger partial charge is 0.307 e. The Bertz CT molecular complexity index is 1030.